The number of hydrogen-bond donors (Lipinski definition) is 0. The Morgan fingerprint density at radius 3 is 1.89 bits per heavy atom. The zero-order valence-electron chi connectivity index (χ0n) is 9.70. The van der Waals surface area contributed by atoms with Crippen LogP contribution in [0.3, 0.4) is 0 Å². The minimum atomic E-state index is -0.821. The van der Waals surface area contributed by atoms with Crippen LogP contribution in [0.1, 0.15) is 5.56 Å². The van der Waals surface area contributed by atoms with Crippen molar-refractivity contribution in [2.45, 2.75) is 0 Å². The lowest BCUT2D eigenvalue weighted by atomic mass is 10.1. The second kappa shape index (κ2) is 6.42. The molecule has 96 valence electrons. The lowest BCUT2D eigenvalue weighted by Gasteiger charge is -2.05. The maximum Gasteiger partial charge on any atom is 0.345 e. The average molecular weight is 289 g/mol. The van der Waals surface area contributed by atoms with E-state index in [1.165, 1.54) is 6.08 Å². The Labute approximate surface area is 114 Å². The Kier molecular flexibility index (Phi) is 5.19. The van der Waals surface area contributed by atoms with E-state index in [2.05, 4.69) is 9.47 Å². The lowest BCUT2D eigenvalue weighted by Crippen LogP contribution is -2.15. The predicted octanol–water partition coefficient (Wildman–Crippen LogP) is 2.72. The summed E-state index contributed by atoms with van der Waals surface area (Å²) in [5.41, 5.74) is 0.0710. The van der Waals surface area contributed by atoms with Crippen molar-refractivity contribution < 1.29 is 19.1 Å². The van der Waals surface area contributed by atoms with E-state index in [-0.39, 0.29) is 5.57 Å². The number of hydrogen-bond acceptors (Lipinski definition) is 4. The molecule has 0 aliphatic heterocycles. The monoisotopic (exact) mass is 288 g/mol. The molecule has 0 radical (unpaired) electrons. The quantitative estimate of drug-likeness (QED) is 0.371. The van der Waals surface area contributed by atoms with E-state index in [1.54, 1.807) is 18.2 Å². The van der Waals surface area contributed by atoms with Gasteiger partial charge in [-0.05, 0) is 18.2 Å². The molecule has 0 atom stereocenters. The number of methoxy groups -OCH3 is 2. The third kappa shape index (κ3) is 3.24. The Hall–Kier alpha value is -1.52. The Bertz CT molecular complexity index is 471. The molecule has 0 bridgehead atoms. The summed E-state index contributed by atoms with van der Waals surface area (Å²) in [7, 11) is 2.32. The molecule has 0 aliphatic carbocycles. The van der Waals surface area contributed by atoms with Gasteiger partial charge in [0.25, 0.3) is 0 Å². The highest BCUT2D eigenvalue weighted by molar-refractivity contribution is 6.37. The van der Waals surface area contributed by atoms with Crippen LogP contribution in [0.2, 0.25) is 10.0 Å². The molecule has 4 nitrogen and oxygen atoms in total. The first-order valence-corrected chi connectivity index (χ1v) is 5.59. The second-order valence-electron chi connectivity index (χ2n) is 3.18. The molecule has 0 spiro atoms. The molecular formula is C12H10Cl2O4. The van der Waals surface area contributed by atoms with Gasteiger partial charge < -0.3 is 9.47 Å². The van der Waals surface area contributed by atoms with Crippen LogP contribution in [0.15, 0.2) is 23.8 Å². The minimum Gasteiger partial charge on any atom is -0.465 e. The second-order valence-corrected chi connectivity index (χ2v) is 3.99. The van der Waals surface area contributed by atoms with E-state index in [0.29, 0.717) is 15.6 Å². The van der Waals surface area contributed by atoms with Crippen LogP contribution < -0.4 is 0 Å². The molecule has 0 fully saturated rings. The van der Waals surface area contributed by atoms with E-state index >= 15 is 0 Å². The molecule has 1 aromatic carbocycles. The molecule has 1 aromatic rings. The maximum absolute atomic E-state index is 11.5. The standard InChI is InChI=1S/C12H10Cl2O4/c1-17-11(15)8(12(16)18-2)6-7-9(13)4-3-5-10(7)14/h3-6H,1-2H3. The highest BCUT2D eigenvalue weighted by atomic mass is 35.5. The zero-order valence-corrected chi connectivity index (χ0v) is 11.2. The molecule has 0 N–H and O–H groups in total. The van der Waals surface area contributed by atoms with Gasteiger partial charge in [0.2, 0.25) is 0 Å². The number of ether oxygens (including phenoxy) is 2. The van der Waals surface area contributed by atoms with E-state index in [1.807, 2.05) is 0 Å². The number of rotatable bonds is 3. The smallest absolute Gasteiger partial charge is 0.345 e. The first-order chi connectivity index (χ1) is 8.51. The van der Waals surface area contributed by atoms with Gasteiger partial charge in [0.1, 0.15) is 5.57 Å². The molecule has 0 saturated heterocycles. The van der Waals surface area contributed by atoms with Crippen molar-refractivity contribution in [2.24, 2.45) is 0 Å². The van der Waals surface area contributed by atoms with Crippen LogP contribution in [0.25, 0.3) is 6.08 Å². The lowest BCUT2D eigenvalue weighted by molar-refractivity contribution is -0.143. The normalized spacial score (nSPS) is 9.56. The van der Waals surface area contributed by atoms with Gasteiger partial charge >= 0.3 is 11.9 Å². The molecule has 0 saturated carbocycles. The third-order valence-electron chi connectivity index (χ3n) is 2.10. The van der Waals surface area contributed by atoms with Crippen LogP contribution in [-0.4, -0.2) is 26.2 Å². The predicted molar refractivity (Wildman–Crippen MR) is 68.5 cm³/mol. The van der Waals surface area contributed by atoms with Gasteiger partial charge in [-0.25, -0.2) is 9.59 Å². The van der Waals surface area contributed by atoms with Gasteiger partial charge in [-0.15, -0.1) is 0 Å². The van der Waals surface area contributed by atoms with Crippen molar-refractivity contribution in [1.82, 2.24) is 0 Å². The summed E-state index contributed by atoms with van der Waals surface area (Å²) in [5, 5.41) is 0.626. The van der Waals surface area contributed by atoms with E-state index in [9.17, 15) is 9.59 Å². The summed E-state index contributed by atoms with van der Waals surface area (Å²) >= 11 is 11.9. The Balaban J connectivity index is 3.32. The number of carbonyl (C=O) groups is 2. The summed E-state index contributed by atoms with van der Waals surface area (Å²) in [6, 6.07) is 4.83. The molecule has 0 heterocycles. The largest absolute Gasteiger partial charge is 0.465 e. The van der Waals surface area contributed by atoms with Crippen molar-refractivity contribution in [2.75, 3.05) is 14.2 Å². The average Bonchev–Trinajstić information content (AvgIpc) is 2.37. The molecular weight excluding hydrogens is 279 g/mol. The van der Waals surface area contributed by atoms with E-state index in [4.69, 9.17) is 23.2 Å². The summed E-state index contributed by atoms with van der Waals surface area (Å²) in [5.74, 6) is -1.64. The molecule has 0 amide bonds. The number of esters is 2. The molecule has 0 aromatic heterocycles. The van der Waals surface area contributed by atoms with Crippen LogP contribution in [0.4, 0.5) is 0 Å². The fourth-order valence-corrected chi connectivity index (χ4v) is 1.72. The van der Waals surface area contributed by atoms with Crippen molar-refractivity contribution in [1.29, 1.82) is 0 Å². The molecule has 0 aliphatic rings. The first kappa shape index (κ1) is 14.5. The number of halogens is 2. The van der Waals surface area contributed by atoms with Crippen molar-refractivity contribution in [3.63, 3.8) is 0 Å². The van der Waals surface area contributed by atoms with Gasteiger partial charge in [0, 0.05) is 15.6 Å². The minimum absolute atomic E-state index is 0.282. The fraction of sp³-hybridized carbons (Fsp3) is 0.167. The van der Waals surface area contributed by atoms with Crippen LogP contribution in [0, 0.1) is 0 Å². The summed E-state index contributed by atoms with van der Waals surface area (Å²) in [4.78, 5) is 22.9. The topological polar surface area (TPSA) is 52.6 Å². The highest BCUT2D eigenvalue weighted by Gasteiger charge is 2.20. The molecule has 0 unspecified atom stereocenters. The Morgan fingerprint density at radius 2 is 1.50 bits per heavy atom. The van der Waals surface area contributed by atoms with Gasteiger partial charge in [0.15, 0.2) is 0 Å². The molecule has 6 heteroatoms. The van der Waals surface area contributed by atoms with Crippen LogP contribution in [-0.2, 0) is 19.1 Å². The van der Waals surface area contributed by atoms with Crippen molar-refractivity contribution in [3.8, 4) is 0 Å². The highest BCUT2D eigenvalue weighted by Crippen LogP contribution is 2.27. The van der Waals surface area contributed by atoms with Gasteiger partial charge in [-0.3, -0.25) is 0 Å². The van der Waals surface area contributed by atoms with Gasteiger partial charge in [-0.1, -0.05) is 29.3 Å². The molecule has 18 heavy (non-hydrogen) atoms. The van der Waals surface area contributed by atoms with E-state index < -0.39 is 11.9 Å². The first-order valence-electron chi connectivity index (χ1n) is 4.83. The Morgan fingerprint density at radius 1 is 1.06 bits per heavy atom. The maximum atomic E-state index is 11.5. The van der Waals surface area contributed by atoms with Gasteiger partial charge in [-0.2, -0.15) is 0 Å². The van der Waals surface area contributed by atoms with Crippen molar-refractivity contribution >= 4 is 41.2 Å². The number of benzene rings is 1. The van der Waals surface area contributed by atoms with E-state index in [0.717, 1.165) is 14.2 Å². The van der Waals surface area contributed by atoms with Crippen molar-refractivity contribution in [3.05, 3.63) is 39.4 Å². The van der Waals surface area contributed by atoms with Gasteiger partial charge in [0.05, 0.1) is 14.2 Å². The number of carbonyl (C=O) groups excluding carboxylic acids is 2. The third-order valence-corrected chi connectivity index (χ3v) is 2.76. The molecule has 1 rings (SSSR count). The summed E-state index contributed by atoms with van der Waals surface area (Å²) in [6.07, 6.45) is 1.24. The van der Waals surface area contributed by atoms with Crippen LogP contribution in [0.5, 0.6) is 0 Å². The summed E-state index contributed by atoms with van der Waals surface area (Å²) < 4.78 is 8.99. The fourth-order valence-electron chi connectivity index (χ4n) is 1.21. The SMILES string of the molecule is COC(=O)C(=Cc1c(Cl)cccc1Cl)C(=O)OC. The zero-order chi connectivity index (χ0) is 13.7. The van der Waals surface area contributed by atoms with Crippen LogP contribution >= 0.6 is 23.2 Å². The summed E-state index contributed by atoms with van der Waals surface area (Å²) in [6.45, 7) is 0.